The van der Waals surface area contributed by atoms with E-state index >= 15 is 0 Å². The summed E-state index contributed by atoms with van der Waals surface area (Å²) < 4.78 is 0. The monoisotopic (exact) mass is 307 g/mol. The number of hydrogen-bond donors (Lipinski definition) is 1. The van der Waals surface area contributed by atoms with Crippen LogP contribution >= 0.6 is 23.2 Å². The average molecular weight is 308 g/mol. The number of amides is 1. The van der Waals surface area contributed by atoms with E-state index in [1.165, 1.54) is 5.56 Å². The van der Waals surface area contributed by atoms with Gasteiger partial charge in [0.2, 0.25) is 0 Å². The number of anilines is 1. The molecule has 0 aromatic heterocycles. The number of aryl methyl sites for hydroxylation is 1. The molecule has 0 aliphatic heterocycles. The van der Waals surface area contributed by atoms with Crippen LogP contribution in [-0.4, -0.2) is 11.8 Å². The fourth-order valence-electron chi connectivity index (χ4n) is 1.88. The molecule has 1 N–H and O–H groups in total. The minimum Gasteiger partial charge on any atom is -0.322 e. The normalized spacial score (nSPS) is 10.3. The van der Waals surface area contributed by atoms with Crippen LogP contribution in [0.15, 0.2) is 48.5 Å². The maximum Gasteiger partial charge on any atom is 0.255 e. The quantitative estimate of drug-likeness (QED) is 0.792. The van der Waals surface area contributed by atoms with Gasteiger partial charge in [-0.25, -0.2) is 0 Å². The molecule has 0 radical (unpaired) electrons. The number of carbonyl (C=O) groups excluding carboxylic acids is 1. The van der Waals surface area contributed by atoms with E-state index in [-0.39, 0.29) is 5.91 Å². The molecule has 20 heavy (non-hydrogen) atoms. The van der Waals surface area contributed by atoms with Gasteiger partial charge in [-0.05, 0) is 54.8 Å². The summed E-state index contributed by atoms with van der Waals surface area (Å²) >= 11 is 11.5. The predicted molar refractivity (Wildman–Crippen MR) is 84.9 cm³/mol. The lowest BCUT2D eigenvalue weighted by Crippen LogP contribution is -2.11. The maximum absolute atomic E-state index is 12.1. The molecule has 2 aromatic carbocycles. The highest BCUT2D eigenvalue weighted by molar-refractivity contribution is 6.30. The third-order valence-electron chi connectivity index (χ3n) is 2.89. The van der Waals surface area contributed by atoms with Crippen molar-refractivity contribution < 1.29 is 4.79 Å². The van der Waals surface area contributed by atoms with E-state index in [0.29, 0.717) is 16.5 Å². The van der Waals surface area contributed by atoms with Crippen molar-refractivity contribution in [1.82, 2.24) is 0 Å². The van der Waals surface area contributed by atoms with Gasteiger partial charge in [0.15, 0.2) is 0 Å². The van der Waals surface area contributed by atoms with Crippen LogP contribution in [-0.2, 0) is 6.42 Å². The first-order chi connectivity index (χ1) is 9.69. The Balaban J connectivity index is 2.05. The van der Waals surface area contributed by atoms with E-state index in [4.69, 9.17) is 23.2 Å². The summed E-state index contributed by atoms with van der Waals surface area (Å²) in [6, 6.07) is 14.6. The molecule has 104 valence electrons. The Kier molecular flexibility index (Phi) is 5.45. The summed E-state index contributed by atoms with van der Waals surface area (Å²) in [6.45, 7) is 0. The lowest BCUT2D eigenvalue weighted by atomic mass is 10.1. The van der Waals surface area contributed by atoms with Crippen LogP contribution in [0.4, 0.5) is 5.69 Å². The number of benzene rings is 2. The molecule has 2 nitrogen and oxygen atoms in total. The predicted octanol–water partition coefficient (Wildman–Crippen LogP) is 4.76. The molecule has 0 unspecified atom stereocenters. The van der Waals surface area contributed by atoms with Crippen LogP contribution < -0.4 is 5.32 Å². The van der Waals surface area contributed by atoms with Gasteiger partial charge in [-0.2, -0.15) is 0 Å². The van der Waals surface area contributed by atoms with E-state index in [0.717, 1.165) is 18.5 Å². The Labute approximate surface area is 128 Å². The standard InChI is InChI=1S/C16H15Cl2NO/c17-10-2-4-12-3-1-5-15(11-12)19-16(20)13-6-8-14(18)9-7-13/h1,3,5-9,11H,2,4,10H2,(H,19,20). The number of carbonyl (C=O) groups is 1. The fraction of sp³-hybridized carbons (Fsp3) is 0.188. The van der Waals surface area contributed by atoms with Gasteiger partial charge in [0, 0.05) is 22.2 Å². The first kappa shape index (κ1) is 14.9. The summed E-state index contributed by atoms with van der Waals surface area (Å²) in [5, 5.41) is 3.49. The minimum absolute atomic E-state index is 0.142. The largest absolute Gasteiger partial charge is 0.322 e. The molecule has 0 fully saturated rings. The summed E-state index contributed by atoms with van der Waals surface area (Å²) in [5.41, 5.74) is 2.54. The topological polar surface area (TPSA) is 29.1 Å². The first-order valence-electron chi connectivity index (χ1n) is 6.41. The number of nitrogens with one attached hydrogen (secondary N) is 1. The first-order valence-corrected chi connectivity index (χ1v) is 7.32. The Morgan fingerprint density at radius 1 is 1.10 bits per heavy atom. The Hall–Kier alpha value is -1.51. The third kappa shape index (κ3) is 4.26. The highest BCUT2D eigenvalue weighted by atomic mass is 35.5. The van der Waals surface area contributed by atoms with Crippen LogP contribution in [0.2, 0.25) is 5.02 Å². The third-order valence-corrected chi connectivity index (χ3v) is 3.41. The van der Waals surface area contributed by atoms with Crippen molar-refractivity contribution in [3.05, 3.63) is 64.7 Å². The molecule has 2 rings (SSSR count). The summed E-state index contributed by atoms with van der Waals surface area (Å²) in [7, 11) is 0. The molecule has 0 aliphatic rings. The summed E-state index contributed by atoms with van der Waals surface area (Å²) in [5.74, 6) is 0.498. The second kappa shape index (κ2) is 7.32. The van der Waals surface area contributed by atoms with Crippen molar-refractivity contribution in [2.75, 3.05) is 11.2 Å². The van der Waals surface area contributed by atoms with E-state index < -0.39 is 0 Å². The van der Waals surface area contributed by atoms with Gasteiger partial charge in [-0.3, -0.25) is 4.79 Å². The van der Waals surface area contributed by atoms with Gasteiger partial charge in [-0.1, -0.05) is 23.7 Å². The van der Waals surface area contributed by atoms with Crippen LogP contribution in [0.1, 0.15) is 22.3 Å². The van der Waals surface area contributed by atoms with Crippen LogP contribution in [0.3, 0.4) is 0 Å². The zero-order valence-electron chi connectivity index (χ0n) is 10.9. The molecule has 2 aromatic rings. The van der Waals surface area contributed by atoms with Crippen LogP contribution in [0, 0.1) is 0 Å². The molecule has 0 saturated heterocycles. The molecule has 0 atom stereocenters. The van der Waals surface area contributed by atoms with Crippen LogP contribution in [0.25, 0.3) is 0 Å². The second-order valence-corrected chi connectivity index (χ2v) is 5.27. The second-order valence-electron chi connectivity index (χ2n) is 4.45. The van der Waals surface area contributed by atoms with Gasteiger partial charge >= 0.3 is 0 Å². The smallest absolute Gasteiger partial charge is 0.255 e. The van der Waals surface area contributed by atoms with Crippen molar-refractivity contribution in [2.24, 2.45) is 0 Å². The molecule has 1 amide bonds. The van der Waals surface area contributed by atoms with Gasteiger partial charge < -0.3 is 5.32 Å². The van der Waals surface area contributed by atoms with Crippen molar-refractivity contribution >= 4 is 34.8 Å². The Morgan fingerprint density at radius 3 is 2.55 bits per heavy atom. The van der Waals surface area contributed by atoms with E-state index in [1.54, 1.807) is 24.3 Å². The van der Waals surface area contributed by atoms with Crippen molar-refractivity contribution in [2.45, 2.75) is 12.8 Å². The van der Waals surface area contributed by atoms with Gasteiger partial charge in [0.05, 0.1) is 0 Å². The zero-order valence-corrected chi connectivity index (χ0v) is 12.4. The minimum atomic E-state index is -0.142. The average Bonchev–Trinajstić information content (AvgIpc) is 2.46. The highest BCUT2D eigenvalue weighted by Gasteiger charge is 2.06. The van der Waals surface area contributed by atoms with Crippen molar-refractivity contribution in [1.29, 1.82) is 0 Å². The van der Waals surface area contributed by atoms with Crippen molar-refractivity contribution in [3.63, 3.8) is 0 Å². The number of rotatable bonds is 5. The fourth-order valence-corrected chi connectivity index (χ4v) is 2.14. The molecule has 4 heteroatoms. The van der Waals surface area contributed by atoms with Gasteiger partial charge in [0.25, 0.3) is 5.91 Å². The number of halogens is 2. The van der Waals surface area contributed by atoms with E-state index in [2.05, 4.69) is 5.32 Å². The van der Waals surface area contributed by atoms with Gasteiger partial charge in [-0.15, -0.1) is 11.6 Å². The lowest BCUT2D eigenvalue weighted by molar-refractivity contribution is 0.102. The molecule has 0 saturated carbocycles. The molecular formula is C16H15Cl2NO. The molecular weight excluding hydrogens is 293 g/mol. The summed E-state index contributed by atoms with van der Waals surface area (Å²) in [4.78, 5) is 12.1. The Bertz CT molecular complexity index is 581. The highest BCUT2D eigenvalue weighted by Crippen LogP contribution is 2.15. The maximum atomic E-state index is 12.1. The zero-order chi connectivity index (χ0) is 14.4. The number of alkyl halides is 1. The lowest BCUT2D eigenvalue weighted by Gasteiger charge is -2.07. The SMILES string of the molecule is O=C(Nc1cccc(CCCCl)c1)c1ccc(Cl)cc1. The summed E-state index contributed by atoms with van der Waals surface area (Å²) in [6.07, 6.45) is 1.84. The molecule has 0 bridgehead atoms. The molecule has 0 spiro atoms. The molecule has 0 heterocycles. The van der Waals surface area contributed by atoms with Crippen LogP contribution in [0.5, 0.6) is 0 Å². The van der Waals surface area contributed by atoms with E-state index in [1.807, 2.05) is 24.3 Å². The van der Waals surface area contributed by atoms with Gasteiger partial charge in [0.1, 0.15) is 0 Å². The van der Waals surface area contributed by atoms with Crippen molar-refractivity contribution in [3.8, 4) is 0 Å². The Morgan fingerprint density at radius 2 is 1.85 bits per heavy atom. The molecule has 0 aliphatic carbocycles. The van der Waals surface area contributed by atoms with E-state index in [9.17, 15) is 4.79 Å². The number of hydrogen-bond acceptors (Lipinski definition) is 1.